The van der Waals surface area contributed by atoms with E-state index < -0.39 is 11.9 Å². The van der Waals surface area contributed by atoms with Crippen LogP contribution in [-0.4, -0.2) is 28.1 Å². The molecular weight excluding hydrogens is 240 g/mol. The fourth-order valence-corrected chi connectivity index (χ4v) is 0.840. The average molecular weight is 258 g/mol. The van der Waals surface area contributed by atoms with Crippen LogP contribution in [0.3, 0.4) is 0 Å². The topological polar surface area (TPSA) is 101 Å². The van der Waals surface area contributed by atoms with Crippen molar-refractivity contribution in [3.05, 3.63) is 25.0 Å². The molecule has 0 aromatic rings. The molecule has 0 fully saturated rings. The number of unbranched alkanes of at least 4 members (excludes halogenated alkanes) is 1. The Hall–Kier alpha value is -2.11. The molecule has 0 aromatic carbocycles. The zero-order chi connectivity index (χ0) is 14.4. The smallest absolute Gasteiger partial charge is 0.327 e. The van der Waals surface area contributed by atoms with Gasteiger partial charge in [-0.2, -0.15) is 0 Å². The van der Waals surface area contributed by atoms with Crippen LogP contribution in [0.25, 0.3) is 0 Å². The molecule has 0 saturated heterocycles. The van der Waals surface area contributed by atoms with Crippen molar-refractivity contribution in [1.82, 2.24) is 0 Å². The Morgan fingerprint density at radius 1 is 1.17 bits per heavy atom. The molecule has 0 aromatic heterocycles. The first-order chi connectivity index (χ1) is 8.43. The minimum atomic E-state index is -0.891. The van der Waals surface area contributed by atoms with Gasteiger partial charge in [0, 0.05) is 18.9 Å². The third-order valence-corrected chi connectivity index (χ3v) is 1.55. The molecule has 0 aliphatic heterocycles. The maximum absolute atomic E-state index is 10.6. The summed E-state index contributed by atoms with van der Waals surface area (Å²) in [5, 5.41) is 16.1. The number of carboxylic acid groups (broad SMARTS) is 2. The van der Waals surface area contributed by atoms with Crippen molar-refractivity contribution >= 4 is 17.9 Å². The van der Waals surface area contributed by atoms with Crippen molar-refractivity contribution in [2.45, 2.75) is 32.6 Å². The molecular formula is C12H18O6. The molecule has 0 aliphatic rings. The fourth-order valence-electron chi connectivity index (χ4n) is 0.840. The van der Waals surface area contributed by atoms with E-state index in [9.17, 15) is 14.4 Å². The summed E-state index contributed by atoms with van der Waals surface area (Å²) < 4.78 is 4.43. The minimum Gasteiger partial charge on any atom is -0.481 e. The first-order valence-corrected chi connectivity index (χ1v) is 5.31. The molecule has 0 spiro atoms. The summed E-state index contributed by atoms with van der Waals surface area (Å²) in [6.07, 6.45) is 5.02. The quantitative estimate of drug-likeness (QED) is 0.313. The van der Waals surface area contributed by atoms with Crippen molar-refractivity contribution in [1.29, 1.82) is 0 Å². The highest BCUT2D eigenvalue weighted by Gasteiger charge is 2.01. The van der Waals surface area contributed by atoms with Crippen molar-refractivity contribution in [2.75, 3.05) is 0 Å². The van der Waals surface area contributed by atoms with Crippen LogP contribution < -0.4 is 0 Å². The Morgan fingerprint density at radius 3 is 2.06 bits per heavy atom. The number of esters is 1. The van der Waals surface area contributed by atoms with Gasteiger partial charge in [0.25, 0.3) is 0 Å². The lowest BCUT2D eigenvalue weighted by Gasteiger charge is -1.97. The normalized spacial score (nSPS) is 9.17. The van der Waals surface area contributed by atoms with E-state index in [0.717, 1.165) is 12.3 Å². The zero-order valence-electron chi connectivity index (χ0n) is 10.3. The molecule has 0 saturated carbocycles. The van der Waals surface area contributed by atoms with Crippen LogP contribution in [0.2, 0.25) is 0 Å². The molecule has 0 aliphatic carbocycles. The molecule has 0 amide bonds. The Balaban J connectivity index is 0. The van der Waals surface area contributed by atoms with E-state index in [2.05, 4.69) is 11.3 Å². The van der Waals surface area contributed by atoms with Gasteiger partial charge < -0.3 is 14.9 Å². The molecule has 0 radical (unpaired) electrons. The molecule has 0 unspecified atom stereocenters. The van der Waals surface area contributed by atoms with Crippen LogP contribution in [0, 0.1) is 0 Å². The zero-order valence-corrected chi connectivity index (χ0v) is 10.3. The van der Waals surface area contributed by atoms with Gasteiger partial charge >= 0.3 is 17.9 Å². The number of carboxylic acids is 2. The Labute approximate surface area is 106 Å². The van der Waals surface area contributed by atoms with Gasteiger partial charge in [-0.1, -0.05) is 12.7 Å². The van der Waals surface area contributed by atoms with Gasteiger partial charge in [0.2, 0.25) is 0 Å². The number of carbonyl (C=O) groups is 3. The predicted octanol–water partition coefficient (Wildman–Crippen LogP) is 1.97. The molecule has 102 valence electrons. The number of hydrogen-bond donors (Lipinski definition) is 2. The Morgan fingerprint density at radius 2 is 1.72 bits per heavy atom. The molecule has 0 atom stereocenters. The van der Waals surface area contributed by atoms with Gasteiger partial charge in [-0.25, -0.2) is 4.79 Å². The molecule has 2 N–H and O–H groups in total. The van der Waals surface area contributed by atoms with E-state index in [1.165, 1.54) is 6.08 Å². The van der Waals surface area contributed by atoms with Crippen molar-refractivity contribution in [3.8, 4) is 0 Å². The van der Waals surface area contributed by atoms with E-state index in [-0.39, 0.29) is 18.8 Å². The van der Waals surface area contributed by atoms with Gasteiger partial charge in [-0.15, -0.1) is 0 Å². The molecule has 18 heavy (non-hydrogen) atoms. The van der Waals surface area contributed by atoms with Crippen molar-refractivity contribution in [2.24, 2.45) is 0 Å². The lowest BCUT2D eigenvalue weighted by atomic mass is 10.2. The van der Waals surface area contributed by atoms with Gasteiger partial charge in [-0.3, -0.25) is 9.59 Å². The first-order valence-electron chi connectivity index (χ1n) is 5.31. The summed E-state index contributed by atoms with van der Waals surface area (Å²) in [5.41, 5.74) is 0. The highest BCUT2D eigenvalue weighted by Crippen LogP contribution is 2.01. The van der Waals surface area contributed by atoms with E-state index in [1.807, 2.05) is 0 Å². The number of rotatable bonds is 7. The number of carbonyl (C=O) groups excluding carboxylic acids is 1. The summed E-state index contributed by atoms with van der Waals surface area (Å²) in [6.45, 7) is 4.88. The van der Waals surface area contributed by atoms with Crippen LogP contribution in [0.5, 0.6) is 0 Å². The standard InChI is InChI=1S/C8H12O4.C4H6O2/c1-2-12-8(11)6-4-3-5-7(9)10;1-2-3-4(5)6/h2H,1,3-6H2,(H,9,10);2-3H,1H3,(H,5,6). The predicted molar refractivity (Wildman–Crippen MR) is 64.8 cm³/mol. The fraction of sp³-hybridized carbons (Fsp3) is 0.417. The number of aliphatic carboxylic acids is 2. The van der Waals surface area contributed by atoms with E-state index in [1.54, 1.807) is 6.92 Å². The monoisotopic (exact) mass is 258 g/mol. The third-order valence-electron chi connectivity index (χ3n) is 1.55. The lowest BCUT2D eigenvalue weighted by molar-refractivity contribution is -0.139. The van der Waals surface area contributed by atoms with E-state index in [4.69, 9.17) is 10.2 Å². The lowest BCUT2D eigenvalue weighted by Crippen LogP contribution is -2.00. The van der Waals surface area contributed by atoms with Crippen molar-refractivity contribution in [3.63, 3.8) is 0 Å². The molecule has 0 bridgehead atoms. The van der Waals surface area contributed by atoms with Crippen LogP contribution >= 0.6 is 0 Å². The molecule has 0 rings (SSSR count). The summed E-state index contributed by atoms with van der Waals surface area (Å²) in [6, 6.07) is 0. The van der Waals surface area contributed by atoms with Crippen LogP contribution in [0.4, 0.5) is 0 Å². The Kier molecular flexibility index (Phi) is 13.1. The molecule has 0 heterocycles. The van der Waals surface area contributed by atoms with Gasteiger partial charge in [0.15, 0.2) is 0 Å². The average Bonchev–Trinajstić information content (AvgIpc) is 2.25. The Bertz CT molecular complexity index is 306. The molecule has 6 nitrogen and oxygen atoms in total. The largest absolute Gasteiger partial charge is 0.481 e. The summed E-state index contributed by atoms with van der Waals surface area (Å²) in [7, 11) is 0. The highest BCUT2D eigenvalue weighted by molar-refractivity contribution is 5.79. The first kappa shape index (κ1) is 18.3. The van der Waals surface area contributed by atoms with E-state index >= 15 is 0 Å². The number of hydrogen-bond acceptors (Lipinski definition) is 4. The minimum absolute atomic E-state index is 0.0986. The second-order valence-electron chi connectivity index (χ2n) is 3.10. The number of allylic oxidation sites excluding steroid dienone is 1. The SMILES string of the molecule is C=COC(=O)CCCCC(=O)O.CC=CC(=O)O. The number of ether oxygens (including phenoxy) is 1. The second-order valence-corrected chi connectivity index (χ2v) is 3.10. The maximum atomic E-state index is 10.6. The van der Waals surface area contributed by atoms with Crippen LogP contribution in [-0.2, 0) is 19.1 Å². The van der Waals surface area contributed by atoms with Crippen molar-refractivity contribution < 1.29 is 29.3 Å². The third kappa shape index (κ3) is 19.5. The maximum Gasteiger partial charge on any atom is 0.327 e. The molecule has 6 heteroatoms. The summed E-state index contributed by atoms with van der Waals surface area (Å²) in [5.74, 6) is -2.10. The highest BCUT2D eigenvalue weighted by atomic mass is 16.5. The van der Waals surface area contributed by atoms with Gasteiger partial charge in [0.05, 0.1) is 6.26 Å². The van der Waals surface area contributed by atoms with Gasteiger partial charge in [-0.05, 0) is 19.8 Å². The van der Waals surface area contributed by atoms with Crippen LogP contribution in [0.15, 0.2) is 25.0 Å². The summed E-state index contributed by atoms with van der Waals surface area (Å²) in [4.78, 5) is 30.2. The van der Waals surface area contributed by atoms with E-state index in [0.29, 0.717) is 12.8 Å². The summed E-state index contributed by atoms with van der Waals surface area (Å²) >= 11 is 0. The second kappa shape index (κ2) is 13.0. The van der Waals surface area contributed by atoms with Crippen LogP contribution in [0.1, 0.15) is 32.6 Å². The van der Waals surface area contributed by atoms with Gasteiger partial charge in [0.1, 0.15) is 0 Å².